The van der Waals surface area contributed by atoms with Gasteiger partial charge in [0.15, 0.2) is 5.69 Å². The Morgan fingerprint density at radius 2 is 2.11 bits per heavy atom. The topological polar surface area (TPSA) is 89.7 Å². The number of imidazole rings is 1. The molecule has 8 heteroatoms. The van der Waals surface area contributed by atoms with Gasteiger partial charge < -0.3 is 15.2 Å². The van der Waals surface area contributed by atoms with Gasteiger partial charge in [-0.1, -0.05) is 17.3 Å². The third-order valence-electron chi connectivity index (χ3n) is 5.12. The average molecular weight is 367 g/mol. The van der Waals surface area contributed by atoms with Crippen LogP contribution in [0.15, 0.2) is 30.5 Å². The quantitative estimate of drug-likeness (QED) is 0.647. The number of benzene rings is 1. The van der Waals surface area contributed by atoms with Crippen LogP contribution in [0.3, 0.4) is 0 Å². The van der Waals surface area contributed by atoms with Crippen molar-refractivity contribution in [3.63, 3.8) is 0 Å². The van der Waals surface area contributed by atoms with Gasteiger partial charge in [0.25, 0.3) is 5.91 Å². The highest BCUT2D eigenvalue weighted by atomic mass is 16.2. The number of carbonyl (C=O) groups excluding carboxylic acids is 1. The lowest BCUT2D eigenvalue weighted by molar-refractivity contribution is 0.0947. The van der Waals surface area contributed by atoms with E-state index >= 15 is 0 Å². The molecule has 0 bridgehead atoms. The Hall–Kier alpha value is -2.74. The molecule has 1 amide bonds. The lowest BCUT2D eigenvalue weighted by Gasteiger charge is -2.22. The minimum atomic E-state index is -0.164. The minimum absolute atomic E-state index is 0.164. The number of hydrogen-bond donors (Lipinski definition) is 2. The molecule has 0 unspecified atom stereocenters. The summed E-state index contributed by atoms with van der Waals surface area (Å²) in [6.45, 7) is 5.37. The number of para-hydroxylation sites is 2. The van der Waals surface area contributed by atoms with Crippen molar-refractivity contribution in [3.05, 3.63) is 42.0 Å². The molecule has 1 fully saturated rings. The van der Waals surface area contributed by atoms with Crippen LogP contribution in [-0.4, -0.2) is 50.1 Å². The van der Waals surface area contributed by atoms with Crippen LogP contribution in [0.2, 0.25) is 0 Å². The molecule has 4 rings (SSSR count). The fraction of sp³-hybridized carbons (Fsp3) is 0.474. The summed E-state index contributed by atoms with van der Waals surface area (Å²) in [6.07, 6.45) is 4.62. The van der Waals surface area contributed by atoms with E-state index in [-0.39, 0.29) is 5.91 Å². The molecule has 1 saturated heterocycles. The first-order chi connectivity index (χ1) is 13.2. The number of nitrogens with zero attached hydrogens (tertiary/aromatic N) is 5. The summed E-state index contributed by atoms with van der Waals surface area (Å²) in [4.78, 5) is 16.9. The van der Waals surface area contributed by atoms with Gasteiger partial charge in [-0.15, -0.1) is 5.10 Å². The molecule has 3 heterocycles. The van der Waals surface area contributed by atoms with Crippen molar-refractivity contribution < 1.29 is 4.79 Å². The zero-order valence-electron chi connectivity index (χ0n) is 15.6. The number of aromatic nitrogens is 5. The molecular weight excluding hydrogens is 342 g/mol. The Bertz CT molecular complexity index is 923. The third-order valence-corrected chi connectivity index (χ3v) is 5.12. The van der Waals surface area contributed by atoms with Crippen molar-refractivity contribution >= 4 is 16.9 Å². The first kappa shape index (κ1) is 17.7. The van der Waals surface area contributed by atoms with Crippen LogP contribution in [0.4, 0.5) is 0 Å². The molecule has 3 aromatic rings. The standard InChI is InChI=1S/C19H25N7O/c1-14-22-16-5-2-3-6-18(16)25(14)12-4-9-21-19(27)17-13-26(24-23-17)15-7-10-20-11-8-15/h2-3,5-6,13,15,20H,4,7-12H2,1H3,(H,21,27). The summed E-state index contributed by atoms with van der Waals surface area (Å²) >= 11 is 0. The average Bonchev–Trinajstić information content (AvgIpc) is 3.31. The summed E-state index contributed by atoms with van der Waals surface area (Å²) in [5.41, 5.74) is 2.53. The van der Waals surface area contributed by atoms with Gasteiger partial charge in [-0.2, -0.15) is 0 Å². The smallest absolute Gasteiger partial charge is 0.273 e. The molecule has 142 valence electrons. The monoisotopic (exact) mass is 367 g/mol. The van der Waals surface area contributed by atoms with Crippen molar-refractivity contribution in [3.8, 4) is 0 Å². The van der Waals surface area contributed by atoms with E-state index in [1.54, 1.807) is 6.20 Å². The molecule has 0 spiro atoms. The van der Waals surface area contributed by atoms with Crippen LogP contribution in [0, 0.1) is 6.92 Å². The van der Waals surface area contributed by atoms with Crippen LogP contribution in [0.1, 0.15) is 41.6 Å². The number of amides is 1. The number of nitrogens with one attached hydrogen (secondary N) is 2. The fourth-order valence-electron chi connectivity index (χ4n) is 3.64. The van der Waals surface area contributed by atoms with Crippen LogP contribution in [-0.2, 0) is 6.54 Å². The second-order valence-electron chi connectivity index (χ2n) is 6.97. The molecule has 0 radical (unpaired) electrons. The zero-order valence-corrected chi connectivity index (χ0v) is 15.6. The molecule has 0 atom stereocenters. The maximum absolute atomic E-state index is 12.3. The Kier molecular flexibility index (Phi) is 5.15. The van der Waals surface area contributed by atoms with E-state index in [1.807, 2.05) is 29.8 Å². The SMILES string of the molecule is Cc1nc2ccccc2n1CCCNC(=O)c1cn(C2CCNCC2)nn1. The van der Waals surface area contributed by atoms with Crippen molar-refractivity contribution in [2.75, 3.05) is 19.6 Å². The molecule has 0 saturated carbocycles. The summed E-state index contributed by atoms with van der Waals surface area (Å²) in [6, 6.07) is 8.45. The Morgan fingerprint density at radius 1 is 1.30 bits per heavy atom. The zero-order chi connectivity index (χ0) is 18.6. The molecule has 27 heavy (non-hydrogen) atoms. The van der Waals surface area contributed by atoms with Gasteiger partial charge in [0.1, 0.15) is 5.82 Å². The van der Waals surface area contributed by atoms with Crippen molar-refractivity contribution in [1.82, 2.24) is 35.2 Å². The lowest BCUT2D eigenvalue weighted by atomic mass is 10.1. The number of aryl methyl sites for hydroxylation is 2. The number of fused-ring (bicyclic) bond motifs is 1. The van der Waals surface area contributed by atoms with Gasteiger partial charge in [0.2, 0.25) is 0 Å². The minimum Gasteiger partial charge on any atom is -0.351 e. The third kappa shape index (κ3) is 3.85. The Morgan fingerprint density at radius 3 is 2.96 bits per heavy atom. The maximum atomic E-state index is 12.3. The fourth-order valence-corrected chi connectivity index (χ4v) is 3.64. The highest BCUT2D eigenvalue weighted by molar-refractivity contribution is 5.91. The van der Waals surface area contributed by atoms with Gasteiger partial charge in [-0.3, -0.25) is 4.79 Å². The van der Waals surface area contributed by atoms with E-state index in [2.05, 4.69) is 36.6 Å². The van der Waals surface area contributed by atoms with E-state index in [1.165, 1.54) is 0 Å². The van der Waals surface area contributed by atoms with E-state index < -0.39 is 0 Å². The highest BCUT2D eigenvalue weighted by Crippen LogP contribution is 2.17. The number of rotatable bonds is 6. The van der Waals surface area contributed by atoms with Crippen molar-refractivity contribution in [1.29, 1.82) is 0 Å². The normalized spacial score (nSPS) is 15.3. The van der Waals surface area contributed by atoms with Gasteiger partial charge >= 0.3 is 0 Å². The van der Waals surface area contributed by atoms with Crippen LogP contribution in [0.5, 0.6) is 0 Å². The van der Waals surface area contributed by atoms with Gasteiger partial charge in [0.05, 0.1) is 23.3 Å². The largest absolute Gasteiger partial charge is 0.351 e. The number of piperidine rings is 1. The Labute approximate surface area is 158 Å². The summed E-state index contributed by atoms with van der Waals surface area (Å²) in [7, 11) is 0. The Balaban J connectivity index is 1.29. The van der Waals surface area contributed by atoms with E-state index in [9.17, 15) is 4.79 Å². The summed E-state index contributed by atoms with van der Waals surface area (Å²) in [5.74, 6) is 0.829. The van der Waals surface area contributed by atoms with E-state index in [4.69, 9.17) is 0 Å². The number of hydrogen-bond acceptors (Lipinski definition) is 5. The molecule has 1 aliphatic heterocycles. The predicted molar refractivity (Wildman–Crippen MR) is 103 cm³/mol. The van der Waals surface area contributed by atoms with Crippen molar-refractivity contribution in [2.45, 2.75) is 38.8 Å². The maximum Gasteiger partial charge on any atom is 0.273 e. The van der Waals surface area contributed by atoms with Crippen molar-refractivity contribution in [2.24, 2.45) is 0 Å². The van der Waals surface area contributed by atoms with E-state index in [0.29, 0.717) is 18.3 Å². The first-order valence-electron chi connectivity index (χ1n) is 9.55. The molecular formula is C19H25N7O. The number of carbonyl (C=O) groups is 1. The van der Waals surface area contributed by atoms with Gasteiger partial charge in [-0.05, 0) is 51.4 Å². The van der Waals surface area contributed by atoms with Crippen LogP contribution in [0.25, 0.3) is 11.0 Å². The van der Waals surface area contributed by atoms with Crippen LogP contribution >= 0.6 is 0 Å². The highest BCUT2D eigenvalue weighted by Gasteiger charge is 2.18. The molecule has 0 aliphatic carbocycles. The van der Waals surface area contributed by atoms with Gasteiger partial charge in [-0.25, -0.2) is 9.67 Å². The molecule has 1 aromatic carbocycles. The second-order valence-corrected chi connectivity index (χ2v) is 6.97. The van der Waals surface area contributed by atoms with Crippen LogP contribution < -0.4 is 10.6 Å². The molecule has 2 N–H and O–H groups in total. The summed E-state index contributed by atoms with van der Waals surface area (Å²) < 4.78 is 4.02. The van der Waals surface area contributed by atoms with E-state index in [0.717, 1.165) is 55.8 Å². The second kappa shape index (κ2) is 7.87. The summed E-state index contributed by atoms with van der Waals surface area (Å²) in [5, 5.41) is 14.5. The molecule has 1 aliphatic rings. The van der Waals surface area contributed by atoms with Gasteiger partial charge in [0, 0.05) is 13.1 Å². The molecule has 2 aromatic heterocycles. The lowest BCUT2D eigenvalue weighted by Crippen LogP contribution is -2.29. The molecule has 8 nitrogen and oxygen atoms in total. The first-order valence-corrected chi connectivity index (χ1v) is 9.55. The predicted octanol–water partition coefficient (Wildman–Crippen LogP) is 1.68.